The number of halogens is 3. The quantitative estimate of drug-likeness (QED) is 0.657. The van der Waals surface area contributed by atoms with Crippen LogP contribution in [-0.4, -0.2) is 30.0 Å². The number of hydrogen-bond acceptors (Lipinski definition) is 5. The van der Waals surface area contributed by atoms with E-state index in [9.17, 15) is 18.0 Å². The first-order valence-electron chi connectivity index (χ1n) is 9.54. The van der Waals surface area contributed by atoms with Crippen molar-refractivity contribution in [1.29, 1.82) is 0 Å². The Kier molecular flexibility index (Phi) is 5.04. The highest BCUT2D eigenvalue weighted by molar-refractivity contribution is 6.04. The molecular weight excluding hydrogens is 407 g/mol. The minimum Gasteiger partial charge on any atom is -0.342 e. The molecule has 1 N–H and O–H groups in total. The van der Waals surface area contributed by atoms with Gasteiger partial charge >= 0.3 is 6.18 Å². The summed E-state index contributed by atoms with van der Waals surface area (Å²) < 4.78 is 40.8. The van der Waals surface area contributed by atoms with E-state index in [1.54, 1.807) is 7.05 Å². The number of nitrogens with one attached hydrogen (secondary N) is 1. The molecule has 1 aliphatic heterocycles. The summed E-state index contributed by atoms with van der Waals surface area (Å²) in [6.45, 7) is 1.97. The third-order valence-electron chi connectivity index (χ3n) is 5.27. The summed E-state index contributed by atoms with van der Waals surface area (Å²) >= 11 is 0. The van der Waals surface area contributed by atoms with Gasteiger partial charge in [-0.15, -0.1) is 0 Å². The molecule has 0 aliphatic carbocycles. The topological polar surface area (TPSA) is 61.4 Å². The van der Waals surface area contributed by atoms with Crippen LogP contribution in [0, 0.1) is 6.92 Å². The number of aryl methyl sites for hydroxylation is 1. The van der Waals surface area contributed by atoms with Gasteiger partial charge in [0.05, 0.1) is 11.8 Å². The zero-order valence-corrected chi connectivity index (χ0v) is 17.1. The van der Waals surface area contributed by atoms with Crippen molar-refractivity contribution in [3.8, 4) is 0 Å². The van der Waals surface area contributed by atoms with E-state index in [1.165, 1.54) is 41.2 Å². The summed E-state index contributed by atoms with van der Waals surface area (Å²) in [6, 6.07) is 11.6. The Labute approximate surface area is 177 Å². The SMILES string of the molecule is Cc1ccc(Nc2ncc3c(n2)N(C)C(c2ccccc2C(F)(F)F)C(=O)N3C)cc1. The summed E-state index contributed by atoms with van der Waals surface area (Å²) in [5.41, 5.74) is 1.33. The molecule has 0 bridgehead atoms. The van der Waals surface area contributed by atoms with Crippen LogP contribution in [0.3, 0.4) is 0 Å². The first-order valence-corrected chi connectivity index (χ1v) is 9.54. The van der Waals surface area contributed by atoms with Crippen LogP contribution in [0.2, 0.25) is 0 Å². The molecule has 1 aromatic heterocycles. The van der Waals surface area contributed by atoms with Crippen LogP contribution < -0.4 is 15.1 Å². The second-order valence-electron chi connectivity index (χ2n) is 7.39. The number of carbonyl (C=O) groups excluding carboxylic acids is 1. The average molecular weight is 427 g/mol. The number of rotatable bonds is 3. The highest BCUT2D eigenvalue weighted by Crippen LogP contribution is 2.42. The van der Waals surface area contributed by atoms with Gasteiger partial charge in [0.2, 0.25) is 5.95 Å². The zero-order chi connectivity index (χ0) is 22.3. The predicted octanol–water partition coefficient (Wildman–Crippen LogP) is 4.70. The third-order valence-corrected chi connectivity index (χ3v) is 5.27. The largest absolute Gasteiger partial charge is 0.416 e. The number of aromatic nitrogens is 2. The van der Waals surface area contributed by atoms with Gasteiger partial charge in [0, 0.05) is 19.8 Å². The van der Waals surface area contributed by atoms with Crippen LogP contribution in [-0.2, 0) is 11.0 Å². The molecular formula is C22H20F3N5O. The molecule has 1 unspecified atom stereocenters. The van der Waals surface area contributed by atoms with E-state index in [4.69, 9.17) is 0 Å². The lowest BCUT2D eigenvalue weighted by Gasteiger charge is -2.39. The van der Waals surface area contributed by atoms with E-state index >= 15 is 0 Å². The summed E-state index contributed by atoms with van der Waals surface area (Å²) in [5.74, 6) is 0.142. The molecule has 1 amide bonds. The van der Waals surface area contributed by atoms with Crippen molar-refractivity contribution in [1.82, 2.24) is 9.97 Å². The van der Waals surface area contributed by atoms with Crippen molar-refractivity contribution in [3.05, 3.63) is 71.4 Å². The van der Waals surface area contributed by atoms with Gasteiger partial charge < -0.3 is 15.1 Å². The molecule has 4 rings (SSSR count). The minimum absolute atomic E-state index is 0.119. The van der Waals surface area contributed by atoms with Gasteiger partial charge in [0.25, 0.3) is 5.91 Å². The lowest BCUT2D eigenvalue weighted by molar-refractivity contribution is -0.138. The van der Waals surface area contributed by atoms with Gasteiger partial charge in [-0.25, -0.2) is 4.98 Å². The first-order chi connectivity index (χ1) is 14.7. The number of benzene rings is 2. The fraction of sp³-hybridized carbons (Fsp3) is 0.227. The molecule has 31 heavy (non-hydrogen) atoms. The van der Waals surface area contributed by atoms with Crippen molar-refractivity contribution >= 4 is 29.0 Å². The summed E-state index contributed by atoms with van der Waals surface area (Å²) in [5, 5.41) is 3.09. The van der Waals surface area contributed by atoms with Gasteiger partial charge in [0.1, 0.15) is 11.7 Å². The van der Waals surface area contributed by atoms with E-state index in [0.29, 0.717) is 11.5 Å². The molecule has 0 fully saturated rings. The van der Waals surface area contributed by atoms with E-state index < -0.39 is 23.7 Å². The van der Waals surface area contributed by atoms with Crippen LogP contribution in [0.15, 0.2) is 54.7 Å². The highest BCUT2D eigenvalue weighted by atomic mass is 19.4. The lowest BCUT2D eigenvalue weighted by atomic mass is 9.96. The Hall–Kier alpha value is -3.62. The fourth-order valence-corrected chi connectivity index (χ4v) is 3.61. The van der Waals surface area contributed by atoms with Crippen molar-refractivity contribution in [2.24, 2.45) is 0 Å². The number of likely N-dealkylation sites (N-methyl/N-ethyl adjacent to an activating group) is 2. The Morgan fingerprint density at radius 3 is 2.39 bits per heavy atom. The van der Waals surface area contributed by atoms with Gasteiger partial charge in [0.15, 0.2) is 5.82 Å². The van der Waals surface area contributed by atoms with Crippen LogP contribution in [0.4, 0.5) is 36.3 Å². The molecule has 1 atom stereocenters. The van der Waals surface area contributed by atoms with Gasteiger partial charge in [-0.3, -0.25) is 4.79 Å². The van der Waals surface area contributed by atoms with Crippen molar-refractivity contribution in [2.45, 2.75) is 19.1 Å². The summed E-state index contributed by atoms with van der Waals surface area (Å²) in [7, 11) is 3.07. The second kappa shape index (κ2) is 7.57. The number of carbonyl (C=O) groups is 1. The van der Waals surface area contributed by atoms with Crippen molar-refractivity contribution in [3.63, 3.8) is 0 Å². The molecule has 0 saturated carbocycles. The maximum Gasteiger partial charge on any atom is 0.416 e. The number of hydrogen-bond donors (Lipinski definition) is 1. The highest BCUT2D eigenvalue weighted by Gasteiger charge is 2.42. The van der Waals surface area contributed by atoms with Gasteiger partial charge in [-0.05, 0) is 30.7 Å². The molecule has 0 saturated heterocycles. The number of fused-ring (bicyclic) bond motifs is 1. The molecule has 2 heterocycles. The van der Waals surface area contributed by atoms with Crippen LogP contribution in [0.5, 0.6) is 0 Å². The fourth-order valence-electron chi connectivity index (χ4n) is 3.61. The molecule has 9 heteroatoms. The molecule has 160 valence electrons. The molecule has 6 nitrogen and oxygen atoms in total. The maximum atomic E-state index is 13.6. The Bertz CT molecular complexity index is 1130. The Balaban J connectivity index is 1.75. The summed E-state index contributed by atoms with van der Waals surface area (Å²) in [6.07, 6.45) is -3.10. The van der Waals surface area contributed by atoms with Crippen LogP contribution in [0.1, 0.15) is 22.7 Å². The zero-order valence-electron chi connectivity index (χ0n) is 17.1. The number of nitrogens with zero attached hydrogens (tertiary/aromatic N) is 4. The smallest absolute Gasteiger partial charge is 0.342 e. The number of amides is 1. The van der Waals surface area contributed by atoms with E-state index in [2.05, 4.69) is 15.3 Å². The van der Waals surface area contributed by atoms with E-state index in [1.807, 2.05) is 31.2 Å². The Morgan fingerprint density at radius 2 is 1.71 bits per heavy atom. The normalized spacial score (nSPS) is 16.3. The third kappa shape index (κ3) is 3.78. The standard InChI is InChI=1S/C22H20F3N5O/c1-13-8-10-14(11-9-13)27-21-26-12-17-19(28-21)30(3)18(20(31)29(17)2)15-6-4-5-7-16(15)22(23,24)25/h4-12,18H,1-3H3,(H,26,27,28). The van der Waals surface area contributed by atoms with Crippen LogP contribution in [0.25, 0.3) is 0 Å². The summed E-state index contributed by atoms with van der Waals surface area (Å²) in [4.78, 5) is 24.5. The van der Waals surface area contributed by atoms with Gasteiger partial charge in [-0.2, -0.15) is 18.2 Å². The van der Waals surface area contributed by atoms with Crippen molar-refractivity contribution in [2.75, 3.05) is 29.2 Å². The maximum absolute atomic E-state index is 13.6. The molecule has 0 radical (unpaired) electrons. The average Bonchev–Trinajstić information content (AvgIpc) is 2.73. The molecule has 2 aromatic carbocycles. The first kappa shape index (κ1) is 20.6. The predicted molar refractivity (Wildman–Crippen MR) is 112 cm³/mol. The van der Waals surface area contributed by atoms with Crippen LogP contribution >= 0.6 is 0 Å². The van der Waals surface area contributed by atoms with E-state index in [-0.39, 0.29) is 11.5 Å². The van der Waals surface area contributed by atoms with Gasteiger partial charge in [-0.1, -0.05) is 35.9 Å². The molecule has 3 aromatic rings. The molecule has 0 spiro atoms. The van der Waals surface area contributed by atoms with Crippen molar-refractivity contribution < 1.29 is 18.0 Å². The van der Waals surface area contributed by atoms with E-state index in [0.717, 1.165) is 17.3 Å². The minimum atomic E-state index is -4.58. The lowest BCUT2D eigenvalue weighted by Crippen LogP contribution is -2.46. The monoisotopic (exact) mass is 427 g/mol. The molecule has 1 aliphatic rings. The second-order valence-corrected chi connectivity index (χ2v) is 7.39. The number of anilines is 4. The Morgan fingerprint density at radius 1 is 1.03 bits per heavy atom. The number of alkyl halides is 3.